The van der Waals surface area contributed by atoms with Gasteiger partial charge in [0.25, 0.3) is 0 Å². The zero-order valence-corrected chi connectivity index (χ0v) is 9.59. The molecule has 0 atom stereocenters. The van der Waals surface area contributed by atoms with Crippen molar-refractivity contribution < 1.29 is 4.74 Å². The highest BCUT2D eigenvalue weighted by molar-refractivity contribution is 5.08. The van der Waals surface area contributed by atoms with E-state index in [1.807, 2.05) is 0 Å². The topological polar surface area (TPSA) is 92.0 Å². The lowest BCUT2D eigenvalue weighted by Crippen LogP contribution is -2.36. The Balaban J connectivity index is 2.13. The van der Waals surface area contributed by atoms with Gasteiger partial charge in [-0.15, -0.1) is 10.2 Å². The van der Waals surface area contributed by atoms with Crippen molar-refractivity contribution in [3.8, 4) is 0 Å². The minimum Gasteiger partial charge on any atom is -0.383 e. The second-order valence-electron chi connectivity index (χ2n) is 4.25. The Bertz CT molecular complexity index is 345. The maximum atomic E-state index is 5.79. The van der Waals surface area contributed by atoms with Crippen LogP contribution in [0.2, 0.25) is 0 Å². The minimum absolute atomic E-state index is 0.318. The Morgan fingerprint density at radius 3 is 2.75 bits per heavy atom. The molecular formula is C10H19N5O. The molecular weight excluding hydrogens is 206 g/mol. The molecule has 0 unspecified atom stereocenters. The van der Waals surface area contributed by atoms with Crippen molar-refractivity contribution in [1.82, 2.24) is 14.8 Å². The number of methoxy groups -OCH3 is 1. The molecule has 16 heavy (non-hydrogen) atoms. The van der Waals surface area contributed by atoms with Gasteiger partial charge in [-0.1, -0.05) is 0 Å². The molecule has 6 heteroatoms. The summed E-state index contributed by atoms with van der Waals surface area (Å²) >= 11 is 0. The SMILES string of the molecule is COCCn1c(CN)nnc1C1CC(N)C1. The van der Waals surface area contributed by atoms with Gasteiger partial charge in [0.15, 0.2) is 0 Å². The molecule has 1 aromatic heterocycles. The molecule has 0 amide bonds. The molecule has 0 bridgehead atoms. The Hall–Kier alpha value is -0.980. The van der Waals surface area contributed by atoms with Crippen LogP contribution in [0.4, 0.5) is 0 Å². The van der Waals surface area contributed by atoms with E-state index in [1.165, 1.54) is 0 Å². The average molecular weight is 225 g/mol. The van der Waals surface area contributed by atoms with Crippen LogP contribution < -0.4 is 11.5 Å². The Labute approximate surface area is 95.0 Å². The van der Waals surface area contributed by atoms with Crippen LogP contribution in [-0.2, 0) is 17.8 Å². The number of ether oxygens (including phenoxy) is 1. The summed E-state index contributed by atoms with van der Waals surface area (Å²) in [7, 11) is 1.69. The van der Waals surface area contributed by atoms with Crippen molar-refractivity contribution >= 4 is 0 Å². The lowest BCUT2D eigenvalue weighted by molar-refractivity contribution is 0.183. The molecule has 0 spiro atoms. The van der Waals surface area contributed by atoms with Crippen molar-refractivity contribution in [2.45, 2.75) is 37.9 Å². The van der Waals surface area contributed by atoms with Crippen LogP contribution in [0.25, 0.3) is 0 Å². The smallest absolute Gasteiger partial charge is 0.146 e. The molecule has 1 fully saturated rings. The third-order valence-corrected chi connectivity index (χ3v) is 3.10. The second-order valence-corrected chi connectivity index (χ2v) is 4.25. The molecule has 0 saturated heterocycles. The van der Waals surface area contributed by atoms with E-state index in [2.05, 4.69) is 14.8 Å². The Kier molecular flexibility index (Phi) is 3.52. The molecule has 4 N–H and O–H groups in total. The Morgan fingerprint density at radius 1 is 1.44 bits per heavy atom. The molecule has 1 aliphatic carbocycles. The molecule has 0 aromatic carbocycles. The quantitative estimate of drug-likeness (QED) is 0.710. The number of rotatable bonds is 5. The summed E-state index contributed by atoms with van der Waals surface area (Å²) in [6.45, 7) is 1.82. The number of nitrogens with two attached hydrogens (primary N) is 2. The third kappa shape index (κ3) is 2.09. The van der Waals surface area contributed by atoms with Crippen LogP contribution in [0.1, 0.15) is 30.4 Å². The highest BCUT2D eigenvalue weighted by atomic mass is 16.5. The normalized spacial score (nSPS) is 24.4. The van der Waals surface area contributed by atoms with Gasteiger partial charge in [-0.05, 0) is 12.8 Å². The molecule has 0 radical (unpaired) electrons. The highest BCUT2D eigenvalue weighted by Crippen LogP contribution is 2.34. The van der Waals surface area contributed by atoms with E-state index in [-0.39, 0.29) is 0 Å². The molecule has 90 valence electrons. The van der Waals surface area contributed by atoms with E-state index in [0.717, 1.165) is 31.0 Å². The fourth-order valence-corrected chi connectivity index (χ4v) is 2.10. The number of aromatic nitrogens is 3. The van der Waals surface area contributed by atoms with Crippen LogP contribution in [0.5, 0.6) is 0 Å². The highest BCUT2D eigenvalue weighted by Gasteiger charge is 2.31. The van der Waals surface area contributed by atoms with Gasteiger partial charge in [-0.25, -0.2) is 0 Å². The first-order valence-corrected chi connectivity index (χ1v) is 5.62. The molecule has 0 aliphatic heterocycles. The van der Waals surface area contributed by atoms with Crippen LogP contribution >= 0.6 is 0 Å². The maximum absolute atomic E-state index is 5.79. The summed E-state index contributed by atoms with van der Waals surface area (Å²) in [4.78, 5) is 0. The predicted molar refractivity (Wildman–Crippen MR) is 59.7 cm³/mol. The van der Waals surface area contributed by atoms with Gasteiger partial charge in [-0.3, -0.25) is 0 Å². The zero-order chi connectivity index (χ0) is 11.5. The van der Waals surface area contributed by atoms with Crippen molar-refractivity contribution in [3.05, 3.63) is 11.6 Å². The van der Waals surface area contributed by atoms with E-state index in [1.54, 1.807) is 7.11 Å². The van der Waals surface area contributed by atoms with Crippen molar-refractivity contribution in [2.24, 2.45) is 11.5 Å². The standard InChI is InChI=1S/C10H19N5O/c1-16-3-2-15-9(6-11)13-14-10(15)7-4-8(12)5-7/h7-8H,2-6,11-12H2,1H3. The Morgan fingerprint density at radius 2 is 2.19 bits per heavy atom. The van der Waals surface area contributed by atoms with Gasteiger partial charge in [0.2, 0.25) is 0 Å². The van der Waals surface area contributed by atoms with Gasteiger partial charge in [0.1, 0.15) is 11.6 Å². The third-order valence-electron chi connectivity index (χ3n) is 3.10. The summed E-state index contributed by atoms with van der Waals surface area (Å²) in [6.07, 6.45) is 1.99. The first kappa shape index (κ1) is 11.5. The van der Waals surface area contributed by atoms with Gasteiger partial charge < -0.3 is 20.8 Å². The van der Waals surface area contributed by atoms with Gasteiger partial charge >= 0.3 is 0 Å². The predicted octanol–water partition coefficient (Wildman–Crippen LogP) is -0.412. The summed E-state index contributed by atoms with van der Waals surface area (Å²) in [5.74, 6) is 2.28. The minimum atomic E-state index is 0.318. The van der Waals surface area contributed by atoms with Crippen LogP contribution in [-0.4, -0.2) is 34.5 Å². The lowest BCUT2D eigenvalue weighted by Gasteiger charge is -2.31. The van der Waals surface area contributed by atoms with Crippen molar-refractivity contribution in [3.63, 3.8) is 0 Å². The average Bonchev–Trinajstić information content (AvgIpc) is 2.64. The monoisotopic (exact) mass is 225 g/mol. The fraction of sp³-hybridized carbons (Fsp3) is 0.800. The van der Waals surface area contributed by atoms with E-state index in [9.17, 15) is 0 Å². The van der Waals surface area contributed by atoms with Crippen LogP contribution in [0.3, 0.4) is 0 Å². The van der Waals surface area contributed by atoms with E-state index in [4.69, 9.17) is 16.2 Å². The summed E-state index contributed by atoms with van der Waals surface area (Å²) in [5.41, 5.74) is 11.4. The second kappa shape index (κ2) is 4.90. The molecule has 1 aliphatic rings. The summed E-state index contributed by atoms with van der Waals surface area (Å²) in [6, 6.07) is 0.318. The summed E-state index contributed by atoms with van der Waals surface area (Å²) in [5, 5.41) is 8.33. The molecule has 1 heterocycles. The van der Waals surface area contributed by atoms with Gasteiger partial charge in [0, 0.05) is 25.6 Å². The molecule has 1 saturated carbocycles. The van der Waals surface area contributed by atoms with Gasteiger partial charge in [-0.2, -0.15) is 0 Å². The molecule has 6 nitrogen and oxygen atoms in total. The first-order chi connectivity index (χ1) is 7.76. The van der Waals surface area contributed by atoms with E-state index in [0.29, 0.717) is 25.1 Å². The maximum Gasteiger partial charge on any atom is 0.146 e. The largest absolute Gasteiger partial charge is 0.383 e. The molecule has 1 aromatic rings. The van der Waals surface area contributed by atoms with E-state index < -0.39 is 0 Å². The van der Waals surface area contributed by atoms with Crippen molar-refractivity contribution in [2.75, 3.05) is 13.7 Å². The summed E-state index contributed by atoms with van der Waals surface area (Å²) < 4.78 is 7.15. The van der Waals surface area contributed by atoms with Gasteiger partial charge in [0.05, 0.1) is 13.2 Å². The zero-order valence-electron chi connectivity index (χ0n) is 9.59. The number of nitrogens with zero attached hydrogens (tertiary/aromatic N) is 3. The lowest BCUT2D eigenvalue weighted by atomic mass is 9.80. The fourth-order valence-electron chi connectivity index (χ4n) is 2.10. The van der Waals surface area contributed by atoms with E-state index >= 15 is 0 Å². The number of hydrogen-bond acceptors (Lipinski definition) is 5. The number of hydrogen-bond donors (Lipinski definition) is 2. The van der Waals surface area contributed by atoms with Crippen molar-refractivity contribution in [1.29, 1.82) is 0 Å². The van der Waals surface area contributed by atoms with Crippen LogP contribution in [0, 0.1) is 0 Å². The van der Waals surface area contributed by atoms with Crippen LogP contribution in [0.15, 0.2) is 0 Å². The first-order valence-electron chi connectivity index (χ1n) is 5.62. The molecule has 2 rings (SSSR count).